The number of hydrazine groups is 1. The number of aromatic nitrogens is 1. The summed E-state index contributed by atoms with van der Waals surface area (Å²) in [6.07, 6.45) is 0. The minimum Gasteiger partial charge on any atom is -0.340 e. The van der Waals surface area contributed by atoms with Gasteiger partial charge in [0.05, 0.1) is 12.0 Å². The standard InChI is InChI=1S/C12H17N5O/c1-8(6-13)7-17(3)12(18)10-4-9(2)15-11(5-10)16-14/h4-5,8H,7,14H2,1-3H3,(H,15,16). The molecule has 0 radical (unpaired) electrons. The number of hydrogen-bond acceptors (Lipinski definition) is 5. The molecule has 0 saturated heterocycles. The minimum atomic E-state index is -0.200. The largest absolute Gasteiger partial charge is 0.340 e. The van der Waals surface area contributed by atoms with Gasteiger partial charge in [0, 0.05) is 24.8 Å². The number of aryl methyl sites for hydroxylation is 1. The first kappa shape index (κ1) is 13.9. The minimum absolute atomic E-state index is 0.154. The van der Waals surface area contributed by atoms with E-state index in [1.54, 1.807) is 33.0 Å². The molecule has 18 heavy (non-hydrogen) atoms. The van der Waals surface area contributed by atoms with E-state index in [4.69, 9.17) is 11.1 Å². The third kappa shape index (κ3) is 3.43. The molecule has 3 N–H and O–H groups in total. The molecule has 0 saturated carbocycles. The average Bonchev–Trinajstić information content (AvgIpc) is 2.36. The predicted octanol–water partition coefficient (Wildman–Crippen LogP) is 0.907. The average molecular weight is 247 g/mol. The molecule has 0 bridgehead atoms. The third-order valence-corrected chi connectivity index (χ3v) is 2.46. The Kier molecular flexibility index (Phi) is 4.63. The van der Waals surface area contributed by atoms with Crippen LogP contribution in [0.4, 0.5) is 5.82 Å². The highest BCUT2D eigenvalue weighted by Crippen LogP contribution is 2.12. The van der Waals surface area contributed by atoms with Crippen molar-refractivity contribution < 1.29 is 4.79 Å². The van der Waals surface area contributed by atoms with Crippen LogP contribution in [-0.2, 0) is 0 Å². The van der Waals surface area contributed by atoms with Crippen LogP contribution in [0.5, 0.6) is 0 Å². The number of hydrogen-bond donors (Lipinski definition) is 2. The van der Waals surface area contributed by atoms with Crippen LogP contribution in [0.1, 0.15) is 23.0 Å². The Bertz CT molecular complexity index is 480. The molecule has 0 spiro atoms. The second-order valence-electron chi connectivity index (χ2n) is 4.24. The van der Waals surface area contributed by atoms with Gasteiger partial charge in [-0.2, -0.15) is 5.26 Å². The van der Waals surface area contributed by atoms with Gasteiger partial charge in [-0.3, -0.25) is 4.79 Å². The van der Waals surface area contributed by atoms with Gasteiger partial charge in [-0.25, -0.2) is 10.8 Å². The van der Waals surface area contributed by atoms with Gasteiger partial charge in [0.2, 0.25) is 0 Å². The van der Waals surface area contributed by atoms with Crippen LogP contribution in [0.15, 0.2) is 12.1 Å². The SMILES string of the molecule is Cc1cc(C(=O)N(C)CC(C)C#N)cc(NN)n1. The zero-order chi connectivity index (χ0) is 13.7. The van der Waals surface area contributed by atoms with E-state index in [0.29, 0.717) is 23.6 Å². The van der Waals surface area contributed by atoms with Gasteiger partial charge < -0.3 is 10.3 Å². The van der Waals surface area contributed by atoms with Crippen molar-refractivity contribution in [2.45, 2.75) is 13.8 Å². The Labute approximate surface area is 106 Å². The number of rotatable bonds is 4. The third-order valence-electron chi connectivity index (χ3n) is 2.46. The van der Waals surface area contributed by atoms with E-state index in [-0.39, 0.29) is 11.8 Å². The molecule has 0 fully saturated rings. The van der Waals surface area contributed by atoms with Crippen LogP contribution in [0, 0.1) is 24.2 Å². The van der Waals surface area contributed by atoms with Crippen molar-refractivity contribution in [3.05, 3.63) is 23.4 Å². The van der Waals surface area contributed by atoms with E-state index in [0.717, 1.165) is 0 Å². The van der Waals surface area contributed by atoms with E-state index < -0.39 is 0 Å². The van der Waals surface area contributed by atoms with Crippen molar-refractivity contribution in [1.82, 2.24) is 9.88 Å². The highest BCUT2D eigenvalue weighted by atomic mass is 16.2. The second-order valence-corrected chi connectivity index (χ2v) is 4.24. The van der Waals surface area contributed by atoms with Crippen LogP contribution in [-0.4, -0.2) is 29.4 Å². The number of pyridine rings is 1. The summed E-state index contributed by atoms with van der Waals surface area (Å²) in [5, 5.41) is 8.74. The molecule has 6 nitrogen and oxygen atoms in total. The van der Waals surface area contributed by atoms with Gasteiger partial charge in [0.1, 0.15) is 5.82 Å². The number of nitrogens with one attached hydrogen (secondary N) is 1. The number of nitriles is 1. The zero-order valence-electron chi connectivity index (χ0n) is 10.8. The van der Waals surface area contributed by atoms with E-state index in [2.05, 4.69) is 16.5 Å². The van der Waals surface area contributed by atoms with Crippen LogP contribution in [0.2, 0.25) is 0 Å². The fourth-order valence-electron chi connectivity index (χ4n) is 1.62. The van der Waals surface area contributed by atoms with Gasteiger partial charge in [0.25, 0.3) is 5.91 Å². The quantitative estimate of drug-likeness (QED) is 0.609. The molecule has 1 aromatic rings. The molecule has 1 unspecified atom stereocenters. The normalized spacial score (nSPS) is 11.5. The summed E-state index contributed by atoms with van der Waals surface area (Å²) < 4.78 is 0. The highest BCUT2D eigenvalue weighted by molar-refractivity contribution is 5.94. The molecular formula is C12H17N5O. The molecule has 0 aliphatic rings. The lowest BCUT2D eigenvalue weighted by Crippen LogP contribution is -2.30. The van der Waals surface area contributed by atoms with E-state index in [1.165, 1.54) is 4.90 Å². The lowest BCUT2D eigenvalue weighted by molar-refractivity contribution is 0.0785. The van der Waals surface area contributed by atoms with E-state index in [1.807, 2.05) is 0 Å². The Morgan fingerprint density at radius 3 is 2.89 bits per heavy atom. The van der Waals surface area contributed by atoms with Crippen molar-refractivity contribution in [1.29, 1.82) is 5.26 Å². The summed E-state index contributed by atoms with van der Waals surface area (Å²) in [5.41, 5.74) is 3.63. The molecule has 6 heteroatoms. The number of nitrogens with zero attached hydrogens (tertiary/aromatic N) is 3. The predicted molar refractivity (Wildman–Crippen MR) is 68.5 cm³/mol. The van der Waals surface area contributed by atoms with Crippen molar-refractivity contribution in [2.24, 2.45) is 11.8 Å². The molecule has 1 heterocycles. The summed E-state index contributed by atoms with van der Waals surface area (Å²) in [6.45, 7) is 3.95. The second kappa shape index (κ2) is 5.98. The number of nitrogens with two attached hydrogens (primary N) is 1. The summed E-state index contributed by atoms with van der Waals surface area (Å²) in [7, 11) is 1.67. The number of amides is 1. The molecular weight excluding hydrogens is 230 g/mol. The van der Waals surface area contributed by atoms with E-state index >= 15 is 0 Å². The molecule has 0 aliphatic carbocycles. The van der Waals surface area contributed by atoms with Gasteiger partial charge in [0.15, 0.2) is 0 Å². The topological polar surface area (TPSA) is 95.0 Å². The Balaban J connectivity index is 2.90. The monoisotopic (exact) mass is 247 g/mol. The highest BCUT2D eigenvalue weighted by Gasteiger charge is 2.15. The van der Waals surface area contributed by atoms with E-state index in [9.17, 15) is 4.79 Å². The van der Waals surface area contributed by atoms with Gasteiger partial charge in [-0.05, 0) is 26.0 Å². The maximum Gasteiger partial charge on any atom is 0.253 e. The maximum absolute atomic E-state index is 12.1. The smallest absolute Gasteiger partial charge is 0.253 e. The zero-order valence-corrected chi connectivity index (χ0v) is 10.8. The lowest BCUT2D eigenvalue weighted by atomic mass is 10.1. The maximum atomic E-state index is 12.1. The first-order valence-electron chi connectivity index (χ1n) is 5.58. The summed E-state index contributed by atoms with van der Waals surface area (Å²) >= 11 is 0. The number of carbonyl (C=O) groups excluding carboxylic acids is 1. The fourth-order valence-corrected chi connectivity index (χ4v) is 1.62. The summed E-state index contributed by atoms with van der Waals surface area (Å²) in [6, 6.07) is 5.37. The van der Waals surface area contributed by atoms with Crippen LogP contribution < -0.4 is 11.3 Å². The van der Waals surface area contributed by atoms with Gasteiger partial charge in [-0.15, -0.1) is 0 Å². The van der Waals surface area contributed by atoms with Crippen molar-refractivity contribution in [2.75, 3.05) is 19.0 Å². The Morgan fingerprint density at radius 1 is 1.67 bits per heavy atom. The summed E-state index contributed by atoms with van der Waals surface area (Å²) in [4.78, 5) is 17.8. The molecule has 1 aromatic heterocycles. The molecule has 1 atom stereocenters. The molecule has 1 amide bonds. The Hall–Kier alpha value is -2.13. The van der Waals surface area contributed by atoms with Crippen molar-refractivity contribution in [3.8, 4) is 6.07 Å². The van der Waals surface area contributed by atoms with Crippen LogP contribution in [0.3, 0.4) is 0 Å². The number of nitrogen functional groups attached to an aromatic ring is 1. The summed E-state index contributed by atoms with van der Waals surface area (Å²) in [5.74, 6) is 5.38. The van der Waals surface area contributed by atoms with Crippen molar-refractivity contribution in [3.63, 3.8) is 0 Å². The van der Waals surface area contributed by atoms with Crippen LogP contribution in [0.25, 0.3) is 0 Å². The van der Waals surface area contributed by atoms with Gasteiger partial charge in [-0.1, -0.05) is 0 Å². The van der Waals surface area contributed by atoms with Crippen LogP contribution >= 0.6 is 0 Å². The first-order valence-corrected chi connectivity index (χ1v) is 5.58. The molecule has 1 rings (SSSR count). The molecule has 96 valence electrons. The molecule has 0 aliphatic heterocycles. The number of anilines is 1. The number of carbonyl (C=O) groups is 1. The van der Waals surface area contributed by atoms with Gasteiger partial charge >= 0.3 is 0 Å². The fraction of sp³-hybridized carbons (Fsp3) is 0.417. The molecule has 0 aromatic carbocycles. The van der Waals surface area contributed by atoms with Crippen molar-refractivity contribution >= 4 is 11.7 Å². The lowest BCUT2D eigenvalue weighted by Gasteiger charge is -2.18. The Morgan fingerprint density at radius 2 is 2.33 bits per heavy atom. The first-order chi connectivity index (χ1) is 8.47.